The monoisotopic (exact) mass is 221 g/mol. The van der Waals surface area contributed by atoms with Gasteiger partial charge in [0, 0.05) is 31.6 Å². The summed E-state index contributed by atoms with van der Waals surface area (Å²) >= 11 is 0. The molecule has 3 N–H and O–H groups in total. The number of ether oxygens (including phenoxy) is 1. The van der Waals surface area contributed by atoms with Crippen molar-refractivity contribution in [1.29, 1.82) is 0 Å². The quantitative estimate of drug-likeness (QED) is 0.790. The van der Waals surface area contributed by atoms with Crippen molar-refractivity contribution in [3.63, 3.8) is 0 Å². The predicted octanol–water partition coefficient (Wildman–Crippen LogP) is 0.771. The van der Waals surface area contributed by atoms with Crippen LogP contribution in [0.5, 0.6) is 0 Å². The average Bonchev–Trinajstić information content (AvgIpc) is 2.31. The highest BCUT2D eigenvalue weighted by molar-refractivity contribution is 5.98. The molecule has 2 heterocycles. The van der Waals surface area contributed by atoms with Crippen molar-refractivity contribution >= 4 is 11.6 Å². The van der Waals surface area contributed by atoms with Gasteiger partial charge < -0.3 is 15.8 Å². The van der Waals surface area contributed by atoms with Crippen LogP contribution in [0.25, 0.3) is 0 Å². The SMILES string of the molecule is NC(=O)c1cnccc1NC1CCOCC1. The van der Waals surface area contributed by atoms with Crippen LogP contribution in [0.4, 0.5) is 5.69 Å². The van der Waals surface area contributed by atoms with E-state index in [1.165, 1.54) is 6.20 Å². The molecule has 1 aromatic rings. The highest BCUT2D eigenvalue weighted by atomic mass is 16.5. The Bertz CT molecular complexity index is 375. The van der Waals surface area contributed by atoms with Crippen molar-refractivity contribution in [3.8, 4) is 0 Å². The van der Waals surface area contributed by atoms with E-state index in [9.17, 15) is 4.79 Å². The van der Waals surface area contributed by atoms with Gasteiger partial charge in [0.25, 0.3) is 5.91 Å². The Balaban J connectivity index is 2.10. The van der Waals surface area contributed by atoms with Crippen LogP contribution in [0.3, 0.4) is 0 Å². The van der Waals surface area contributed by atoms with Gasteiger partial charge in [-0.25, -0.2) is 0 Å². The van der Waals surface area contributed by atoms with Crippen molar-refractivity contribution in [2.24, 2.45) is 5.73 Å². The molecule has 1 saturated heterocycles. The summed E-state index contributed by atoms with van der Waals surface area (Å²) < 4.78 is 5.27. The molecule has 0 atom stereocenters. The lowest BCUT2D eigenvalue weighted by molar-refractivity contribution is 0.0904. The molecular weight excluding hydrogens is 206 g/mol. The molecule has 0 radical (unpaired) electrons. The number of primary amides is 1. The van der Waals surface area contributed by atoms with E-state index >= 15 is 0 Å². The number of carbonyl (C=O) groups is 1. The number of hydrogen-bond donors (Lipinski definition) is 2. The largest absolute Gasteiger partial charge is 0.381 e. The first kappa shape index (κ1) is 10.9. The second-order valence-electron chi connectivity index (χ2n) is 3.82. The van der Waals surface area contributed by atoms with E-state index in [0.717, 1.165) is 31.7 Å². The van der Waals surface area contributed by atoms with Gasteiger partial charge >= 0.3 is 0 Å². The Hall–Kier alpha value is -1.62. The number of anilines is 1. The van der Waals surface area contributed by atoms with E-state index in [1.807, 2.05) is 0 Å². The van der Waals surface area contributed by atoms with Crippen LogP contribution in [-0.2, 0) is 4.74 Å². The summed E-state index contributed by atoms with van der Waals surface area (Å²) in [5, 5.41) is 3.31. The summed E-state index contributed by atoms with van der Waals surface area (Å²) in [6.07, 6.45) is 5.03. The molecule has 0 spiro atoms. The fourth-order valence-corrected chi connectivity index (χ4v) is 1.78. The van der Waals surface area contributed by atoms with E-state index < -0.39 is 5.91 Å². The first-order chi connectivity index (χ1) is 7.77. The van der Waals surface area contributed by atoms with E-state index in [2.05, 4.69) is 10.3 Å². The van der Waals surface area contributed by atoms with Crippen LogP contribution in [0.15, 0.2) is 18.5 Å². The van der Waals surface area contributed by atoms with Crippen molar-refractivity contribution in [2.45, 2.75) is 18.9 Å². The van der Waals surface area contributed by atoms with Crippen LogP contribution in [0.1, 0.15) is 23.2 Å². The fraction of sp³-hybridized carbons (Fsp3) is 0.455. The van der Waals surface area contributed by atoms with Gasteiger partial charge in [-0.05, 0) is 18.9 Å². The molecule has 1 aliphatic rings. The van der Waals surface area contributed by atoms with Gasteiger partial charge in [0.15, 0.2) is 0 Å². The number of nitrogens with two attached hydrogens (primary N) is 1. The summed E-state index contributed by atoms with van der Waals surface area (Å²) in [5.74, 6) is -0.456. The van der Waals surface area contributed by atoms with Gasteiger partial charge in [-0.1, -0.05) is 0 Å². The number of pyridine rings is 1. The normalized spacial score (nSPS) is 17.0. The van der Waals surface area contributed by atoms with Gasteiger partial charge in [0.05, 0.1) is 11.3 Å². The van der Waals surface area contributed by atoms with Crippen LogP contribution >= 0.6 is 0 Å². The Morgan fingerprint density at radius 3 is 2.94 bits per heavy atom. The molecule has 1 amide bonds. The molecule has 2 rings (SSSR count). The highest BCUT2D eigenvalue weighted by Gasteiger charge is 2.16. The fourth-order valence-electron chi connectivity index (χ4n) is 1.78. The molecule has 1 aliphatic heterocycles. The minimum atomic E-state index is -0.456. The van der Waals surface area contributed by atoms with E-state index in [4.69, 9.17) is 10.5 Å². The Kier molecular flexibility index (Phi) is 3.36. The number of nitrogens with one attached hydrogen (secondary N) is 1. The third kappa shape index (κ3) is 2.49. The lowest BCUT2D eigenvalue weighted by Crippen LogP contribution is -2.29. The molecule has 0 bridgehead atoms. The second-order valence-corrected chi connectivity index (χ2v) is 3.82. The standard InChI is InChI=1S/C11H15N3O2/c12-11(15)9-7-13-4-1-10(9)14-8-2-5-16-6-3-8/h1,4,7-8H,2-3,5-6H2,(H2,12,15)(H,13,14). The van der Waals surface area contributed by atoms with Gasteiger partial charge in [-0.15, -0.1) is 0 Å². The zero-order valence-corrected chi connectivity index (χ0v) is 8.98. The van der Waals surface area contributed by atoms with Crippen LogP contribution in [0, 0.1) is 0 Å². The lowest BCUT2D eigenvalue weighted by atomic mass is 10.1. The molecule has 0 aromatic carbocycles. The average molecular weight is 221 g/mol. The van der Waals surface area contributed by atoms with Gasteiger partial charge in [0.2, 0.25) is 0 Å². The highest BCUT2D eigenvalue weighted by Crippen LogP contribution is 2.18. The van der Waals surface area contributed by atoms with Crippen molar-refractivity contribution < 1.29 is 9.53 Å². The molecule has 5 nitrogen and oxygen atoms in total. The molecule has 0 aliphatic carbocycles. The van der Waals surface area contributed by atoms with E-state index in [1.54, 1.807) is 12.3 Å². The van der Waals surface area contributed by atoms with Crippen molar-refractivity contribution in [2.75, 3.05) is 18.5 Å². The number of carbonyl (C=O) groups excluding carboxylic acids is 1. The number of rotatable bonds is 3. The third-order valence-electron chi connectivity index (χ3n) is 2.67. The molecule has 1 aromatic heterocycles. The summed E-state index contributed by atoms with van der Waals surface area (Å²) in [6, 6.07) is 2.12. The van der Waals surface area contributed by atoms with Crippen LogP contribution in [0.2, 0.25) is 0 Å². The van der Waals surface area contributed by atoms with Crippen molar-refractivity contribution in [1.82, 2.24) is 4.98 Å². The number of hydrogen-bond acceptors (Lipinski definition) is 4. The predicted molar refractivity (Wildman–Crippen MR) is 60.2 cm³/mol. The molecule has 1 fully saturated rings. The molecule has 0 unspecified atom stereocenters. The molecule has 16 heavy (non-hydrogen) atoms. The molecule has 0 saturated carbocycles. The number of aromatic nitrogens is 1. The zero-order chi connectivity index (χ0) is 11.4. The summed E-state index contributed by atoms with van der Waals surface area (Å²) in [6.45, 7) is 1.52. The first-order valence-corrected chi connectivity index (χ1v) is 5.35. The first-order valence-electron chi connectivity index (χ1n) is 5.35. The van der Waals surface area contributed by atoms with Gasteiger partial charge in [0.1, 0.15) is 0 Å². The minimum absolute atomic E-state index is 0.342. The van der Waals surface area contributed by atoms with E-state index in [-0.39, 0.29) is 0 Å². The summed E-state index contributed by atoms with van der Waals surface area (Å²) in [7, 11) is 0. The molecule has 5 heteroatoms. The van der Waals surface area contributed by atoms with E-state index in [0.29, 0.717) is 11.6 Å². The minimum Gasteiger partial charge on any atom is -0.381 e. The third-order valence-corrected chi connectivity index (χ3v) is 2.67. The topological polar surface area (TPSA) is 77.2 Å². The molecular formula is C11H15N3O2. The smallest absolute Gasteiger partial charge is 0.252 e. The maximum absolute atomic E-state index is 11.2. The Morgan fingerprint density at radius 1 is 1.50 bits per heavy atom. The van der Waals surface area contributed by atoms with Crippen LogP contribution < -0.4 is 11.1 Å². The maximum Gasteiger partial charge on any atom is 0.252 e. The second kappa shape index (κ2) is 4.94. The number of nitrogens with zero attached hydrogens (tertiary/aromatic N) is 1. The molecule has 86 valence electrons. The van der Waals surface area contributed by atoms with Crippen molar-refractivity contribution in [3.05, 3.63) is 24.0 Å². The Morgan fingerprint density at radius 2 is 2.25 bits per heavy atom. The van der Waals surface area contributed by atoms with Gasteiger partial charge in [-0.2, -0.15) is 0 Å². The zero-order valence-electron chi connectivity index (χ0n) is 8.98. The Labute approximate surface area is 94.0 Å². The van der Waals surface area contributed by atoms with Crippen LogP contribution in [-0.4, -0.2) is 30.1 Å². The number of amides is 1. The van der Waals surface area contributed by atoms with Gasteiger partial charge in [-0.3, -0.25) is 9.78 Å². The maximum atomic E-state index is 11.2. The lowest BCUT2D eigenvalue weighted by Gasteiger charge is -2.24. The summed E-state index contributed by atoms with van der Waals surface area (Å²) in [4.78, 5) is 15.1. The summed E-state index contributed by atoms with van der Waals surface area (Å²) in [5.41, 5.74) is 6.47.